The normalized spacial score (nSPS) is 11.7. The van der Waals surface area contributed by atoms with Crippen LogP contribution in [-0.2, 0) is 6.54 Å². The van der Waals surface area contributed by atoms with Gasteiger partial charge in [0.2, 0.25) is 0 Å². The first-order valence-corrected chi connectivity index (χ1v) is 7.74. The van der Waals surface area contributed by atoms with Gasteiger partial charge in [0, 0.05) is 25.2 Å². The van der Waals surface area contributed by atoms with Crippen LogP contribution in [-0.4, -0.2) is 36.7 Å². The highest BCUT2D eigenvalue weighted by molar-refractivity contribution is 5.28. The van der Waals surface area contributed by atoms with Crippen molar-refractivity contribution in [2.75, 3.05) is 26.2 Å². The van der Waals surface area contributed by atoms with Crippen LogP contribution in [0.1, 0.15) is 33.3 Å². The molecule has 3 heteroatoms. The van der Waals surface area contributed by atoms with E-state index >= 15 is 0 Å². The summed E-state index contributed by atoms with van der Waals surface area (Å²) in [5, 5.41) is 3.49. The molecule has 1 aromatic carbocycles. The van der Waals surface area contributed by atoms with Gasteiger partial charge in [-0.15, -0.1) is 6.58 Å². The average Bonchev–Trinajstić information content (AvgIpc) is 2.44. The standard InChI is InChI=1S/C18H30N2O/c1-6-11-20(7-2)12-13-21-17-10-8-9-16(14-17)15-19-18(3,4)5/h6,8-10,14,19H,1,7,11-13,15H2,2-5H3. The van der Waals surface area contributed by atoms with E-state index in [0.717, 1.165) is 31.9 Å². The van der Waals surface area contributed by atoms with Gasteiger partial charge < -0.3 is 10.1 Å². The van der Waals surface area contributed by atoms with E-state index in [1.54, 1.807) is 0 Å². The van der Waals surface area contributed by atoms with Gasteiger partial charge in [0.1, 0.15) is 12.4 Å². The van der Waals surface area contributed by atoms with E-state index in [2.05, 4.69) is 62.7 Å². The molecule has 21 heavy (non-hydrogen) atoms. The van der Waals surface area contributed by atoms with Gasteiger partial charge in [0.15, 0.2) is 0 Å². The Morgan fingerprint density at radius 1 is 1.33 bits per heavy atom. The molecule has 0 heterocycles. The third kappa shape index (κ3) is 7.88. The summed E-state index contributed by atoms with van der Waals surface area (Å²) in [6.07, 6.45) is 1.93. The maximum absolute atomic E-state index is 5.85. The van der Waals surface area contributed by atoms with E-state index in [4.69, 9.17) is 4.74 Å². The molecule has 0 radical (unpaired) electrons. The Hall–Kier alpha value is -1.32. The minimum atomic E-state index is 0.128. The molecule has 0 aromatic heterocycles. The molecule has 3 nitrogen and oxygen atoms in total. The van der Waals surface area contributed by atoms with Crippen LogP contribution in [0.3, 0.4) is 0 Å². The maximum Gasteiger partial charge on any atom is 0.119 e. The largest absolute Gasteiger partial charge is 0.492 e. The fraction of sp³-hybridized carbons (Fsp3) is 0.556. The lowest BCUT2D eigenvalue weighted by molar-refractivity contribution is 0.229. The molecule has 0 bridgehead atoms. The van der Waals surface area contributed by atoms with Crippen LogP contribution in [0.25, 0.3) is 0 Å². The van der Waals surface area contributed by atoms with Gasteiger partial charge in [-0.1, -0.05) is 25.1 Å². The van der Waals surface area contributed by atoms with Crippen LogP contribution in [0.15, 0.2) is 36.9 Å². The molecule has 0 saturated heterocycles. The number of hydrogen-bond acceptors (Lipinski definition) is 3. The highest BCUT2D eigenvalue weighted by Crippen LogP contribution is 2.14. The molecule has 118 valence electrons. The quantitative estimate of drug-likeness (QED) is 0.705. The van der Waals surface area contributed by atoms with Crippen LogP contribution in [0.5, 0.6) is 5.75 Å². The van der Waals surface area contributed by atoms with Gasteiger partial charge in [0.25, 0.3) is 0 Å². The number of hydrogen-bond donors (Lipinski definition) is 1. The van der Waals surface area contributed by atoms with Crippen molar-refractivity contribution in [3.63, 3.8) is 0 Å². The van der Waals surface area contributed by atoms with Crippen LogP contribution in [0.4, 0.5) is 0 Å². The topological polar surface area (TPSA) is 24.5 Å². The SMILES string of the molecule is C=CCN(CC)CCOc1cccc(CNC(C)(C)C)c1. The fourth-order valence-corrected chi connectivity index (χ4v) is 1.97. The first-order chi connectivity index (χ1) is 9.94. The van der Waals surface area contributed by atoms with Crippen LogP contribution < -0.4 is 10.1 Å². The van der Waals surface area contributed by atoms with Crippen molar-refractivity contribution >= 4 is 0 Å². The Morgan fingerprint density at radius 2 is 2.10 bits per heavy atom. The Morgan fingerprint density at radius 3 is 2.71 bits per heavy atom. The predicted molar refractivity (Wildman–Crippen MR) is 90.8 cm³/mol. The van der Waals surface area contributed by atoms with Gasteiger partial charge in [-0.3, -0.25) is 4.90 Å². The van der Waals surface area contributed by atoms with Crippen LogP contribution in [0.2, 0.25) is 0 Å². The molecule has 1 aromatic rings. The third-order valence-electron chi connectivity index (χ3n) is 3.23. The van der Waals surface area contributed by atoms with Gasteiger partial charge in [-0.25, -0.2) is 0 Å². The van der Waals surface area contributed by atoms with E-state index in [9.17, 15) is 0 Å². The van der Waals surface area contributed by atoms with E-state index < -0.39 is 0 Å². The molecule has 0 aliphatic carbocycles. The zero-order valence-corrected chi connectivity index (χ0v) is 14.0. The highest BCUT2D eigenvalue weighted by Gasteiger charge is 2.08. The monoisotopic (exact) mass is 290 g/mol. The Balaban J connectivity index is 2.43. The Labute approximate surface area is 130 Å². The summed E-state index contributed by atoms with van der Waals surface area (Å²) in [6, 6.07) is 8.31. The molecular formula is C18H30N2O. The first kappa shape index (κ1) is 17.7. The van der Waals surface area contributed by atoms with Crippen LogP contribution >= 0.6 is 0 Å². The summed E-state index contributed by atoms with van der Waals surface area (Å²) in [7, 11) is 0. The second-order valence-corrected chi connectivity index (χ2v) is 6.28. The summed E-state index contributed by atoms with van der Waals surface area (Å²) in [4.78, 5) is 2.30. The van der Waals surface area contributed by atoms with Gasteiger partial charge in [-0.2, -0.15) is 0 Å². The van der Waals surface area contributed by atoms with Gasteiger partial charge >= 0.3 is 0 Å². The average molecular weight is 290 g/mol. The fourth-order valence-electron chi connectivity index (χ4n) is 1.97. The lowest BCUT2D eigenvalue weighted by Gasteiger charge is -2.21. The van der Waals surface area contributed by atoms with Gasteiger partial charge in [-0.05, 0) is 45.0 Å². The number of benzene rings is 1. The molecule has 1 N–H and O–H groups in total. The lowest BCUT2D eigenvalue weighted by Crippen LogP contribution is -2.35. The third-order valence-corrected chi connectivity index (χ3v) is 3.23. The molecule has 0 aliphatic rings. The first-order valence-electron chi connectivity index (χ1n) is 7.74. The number of nitrogens with one attached hydrogen (secondary N) is 1. The van der Waals surface area contributed by atoms with Crippen LogP contribution in [0, 0.1) is 0 Å². The predicted octanol–water partition coefficient (Wildman–Crippen LogP) is 3.46. The molecule has 0 fully saturated rings. The number of rotatable bonds is 9. The van der Waals surface area contributed by atoms with E-state index in [0.29, 0.717) is 6.61 Å². The molecule has 0 atom stereocenters. The molecule has 0 aliphatic heterocycles. The minimum absolute atomic E-state index is 0.128. The summed E-state index contributed by atoms with van der Waals surface area (Å²) in [5.74, 6) is 0.942. The minimum Gasteiger partial charge on any atom is -0.492 e. The molecule has 0 saturated carbocycles. The Bertz CT molecular complexity index is 423. The Kier molecular flexibility index (Phi) is 7.48. The summed E-state index contributed by atoms with van der Waals surface area (Å²) < 4.78 is 5.85. The zero-order valence-electron chi connectivity index (χ0n) is 14.0. The van der Waals surface area contributed by atoms with E-state index in [1.165, 1.54) is 5.56 Å². The van der Waals surface area contributed by atoms with E-state index in [-0.39, 0.29) is 5.54 Å². The van der Waals surface area contributed by atoms with Crippen molar-refractivity contribution in [3.05, 3.63) is 42.5 Å². The van der Waals surface area contributed by atoms with Gasteiger partial charge in [0.05, 0.1) is 0 Å². The molecular weight excluding hydrogens is 260 g/mol. The summed E-state index contributed by atoms with van der Waals surface area (Å²) in [5.41, 5.74) is 1.38. The molecule has 0 spiro atoms. The summed E-state index contributed by atoms with van der Waals surface area (Å²) in [6.45, 7) is 16.9. The molecule has 0 amide bonds. The number of likely N-dealkylation sites (N-methyl/N-ethyl adjacent to an activating group) is 1. The van der Waals surface area contributed by atoms with Crippen molar-refractivity contribution < 1.29 is 4.74 Å². The zero-order chi connectivity index (χ0) is 15.7. The second kappa shape index (κ2) is 8.85. The molecule has 0 unspecified atom stereocenters. The number of ether oxygens (including phenoxy) is 1. The second-order valence-electron chi connectivity index (χ2n) is 6.28. The summed E-state index contributed by atoms with van der Waals surface area (Å²) >= 11 is 0. The number of nitrogens with zero attached hydrogens (tertiary/aromatic N) is 1. The van der Waals surface area contributed by atoms with Crippen molar-refractivity contribution in [3.8, 4) is 5.75 Å². The van der Waals surface area contributed by atoms with E-state index in [1.807, 2.05) is 12.1 Å². The molecule has 1 rings (SSSR count). The van der Waals surface area contributed by atoms with Crippen molar-refractivity contribution in [2.45, 2.75) is 39.8 Å². The highest BCUT2D eigenvalue weighted by atomic mass is 16.5. The van der Waals surface area contributed by atoms with Crippen molar-refractivity contribution in [1.29, 1.82) is 0 Å². The maximum atomic E-state index is 5.85. The lowest BCUT2D eigenvalue weighted by atomic mass is 10.1. The smallest absolute Gasteiger partial charge is 0.119 e. The van der Waals surface area contributed by atoms with Crippen molar-refractivity contribution in [1.82, 2.24) is 10.2 Å². The van der Waals surface area contributed by atoms with Crippen molar-refractivity contribution in [2.24, 2.45) is 0 Å².